The largest absolute Gasteiger partial charge is 0.390 e. The number of aryl methyl sites for hydroxylation is 1. The summed E-state index contributed by atoms with van der Waals surface area (Å²) in [6, 6.07) is 0. The van der Waals surface area contributed by atoms with Crippen molar-refractivity contribution in [1.29, 1.82) is 0 Å². The van der Waals surface area contributed by atoms with Crippen molar-refractivity contribution in [3.63, 3.8) is 0 Å². The average Bonchev–Trinajstić information content (AvgIpc) is 2.14. The smallest absolute Gasteiger partial charge is 0.0947 e. The van der Waals surface area contributed by atoms with Crippen molar-refractivity contribution in [3.05, 3.63) is 18.2 Å². The zero-order chi connectivity index (χ0) is 5.98. The molecule has 0 aliphatic rings. The van der Waals surface area contributed by atoms with Crippen LogP contribution < -0.4 is 0 Å². The maximum atomic E-state index is 8.48. The Kier molecular flexibility index (Phi) is 3.27. The third kappa shape index (κ3) is 2.03. The lowest BCUT2D eigenvalue weighted by atomic mass is 10.5. The zero-order valence-corrected chi connectivity index (χ0v) is 5.93. The van der Waals surface area contributed by atoms with E-state index in [9.17, 15) is 0 Å². The van der Waals surface area contributed by atoms with Crippen LogP contribution in [0.25, 0.3) is 0 Å². The fourth-order valence-corrected chi connectivity index (χ4v) is 0.549. The van der Waals surface area contributed by atoms with Gasteiger partial charge in [-0.3, -0.25) is 0 Å². The molecule has 3 nitrogen and oxygen atoms in total. The van der Waals surface area contributed by atoms with E-state index in [1.54, 1.807) is 17.1 Å². The maximum Gasteiger partial charge on any atom is 0.0947 e. The van der Waals surface area contributed by atoms with E-state index >= 15 is 0 Å². The Morgan fingerprint density at radius 3 is 2.67 bits per heavy atom. The molecule has 4 heteroatoms. The molecule has 1 heterocycles. The Bertz CT molecular complexity index is 175. The molecule has 1 N–H and O–H groups in total. The molecule has 0 bridgehead atoms. The number of hydrogen-bond acceptors (Lipinski definition) is 2. The lowest BCUT2D eigenvalue weighted by molar-refractivity contribution is 0.277. The molecule has 0 radical (unpaired) electrons. The highest BCUT2D eigenvalue weighted by Crippen LogP contribution is 1.90. The van der Waals surface area contributed by atoms with Crippen LogP contribution in [0.15, 0.2) is 12.5 Å². The summed E-state index contributed by atoms with van der Waals surface area (Å²) in [5, 5.41) is 8.48. The molecule has 0 saturated carbocycles. The van der Waals surface area contributed by atoms with Crippen molar-refractivity contribution in [2.75, 3.05) is 0 Å². The quantitative estimate of drug-likeness (QED) is 0.624. The summed E-state index contributed by atoms with van der Waals surface area (Å²) in [6.07, 6.45) is 3.44. The van der Waals surface area contributed by atoms with Gasteiger partial charge in [-0.2, -0.15) is 0 Å². The highest BCUT2D eigenvalue weighted by molar-refractivity contribution is 5.85. The normalized spacial score (nSPS) is 8.67. The van der Waals surface area contributed by atoms with Crippen molar-refractivity contribution < 1.29 is 5.11 Å². The van der Waals surface area contributed by atoms with Crippen LogP contribution in [0.1, 0.15) is 5.69 Å². The monoisotopic (exact) mass is 148 g/mol. The highest BCUT2D eigenvalue weighted by Gasteiger charge is 1.89. The number of hydrogen-bond donors (Lipinski definition) is 1. The van der Waals surface area contributed by atoms with Gasteiger partial charge in [-0.05, 0) is 0 Å². The van der Waals surface area contributed by atoms with Gasteiger partial charge in [0.2, 0.25) is 0 Å². The number of aliphatic hydroxyl groups excluding tert-OH is 1. The second kappa shape index (κ2) is 3.48. The van der Waals surface area contributed by atoms with Gasteiger partial charge in [0.15, 0.2) is 0 Å². The molecule has 52 valence electrons. The first-order valence-corrected chi connectivity index (χ1v) is 2.40. The SMILES string of the molecule is Cl.Cn1cnc(CO)c1. The summed E-state index contributed by atoms with van der Waals surface area (Å²) in [4.78, 5) is 3.85. The van der Waals surface area contributed by atoms with Crippen LogP contribution in [0.3, 0.4) is 0 Å². The standard InChI is InChI=1S/C5H8N2O.ClH/c1-7-2-5(3-8)6-4-7;/h2,4,8H,3H2,1H3;1H. The fourth-order valence-electron chi connectivity index (χ4n) is 0.549. The first kappa shape index (κ1) is 8.46. The Balaban J connectivity index is 0.000000640. The molecular formula is C5H9ClN2O. The molecule has 0 fully saturated rings. The van der Waals surface area contributed by atoms with E-state index in [0.29, 0.717) is 5.69 Å². The second-order valence-electron chi connectivity index (χ2n) is 1.69. The van der Waals surface area contributed by atoms with Crippen molar-refractivity contribution in [2.45, 2.75) is 6.61 Å². The van der Waals surface area contributed by atoms with Gasteiger partial charge in [0.1, 0.15) is 0 Å². The Labute approximate surface area is 59.7 Å². The number of aliphatic hydroxyl groups is 1. The third-order valence-electron chi connectivity index (χ3n) is 0.920. The molecule has 0 unspecified atom stereocenters. The van der Waals surface area contributed by atoms with E-state index in [-0.39, 0.29) is 19.0 Å². The minimum atomic E-state index is 0. The van der Waals surface area contributed by atoms with Gasteiger partial charge < -0.3 is 9.67 Å². The van der Waals surface area contributed by atoms with Gasteiger partial charge in [0.25, 0.3) is 0 Å². The zero-order valence-electron chi connectivity index (χ0n) is 5.11. The van der Waals surface area contributed by atoms with Gasteiger partial charge >= 0.3 is 0 Å². The third-order valence-corrected chi connectivity index (χ3v) is 0.920. The van der Waals surface area contributed by atoms with Crippen molar-refractivity contribution in [2.24, 2.45) is 7.05 Å². The van der Waals surface area contributed by atoms with Crippen LogP contribution in [0.4, 0.5) is 0 Å². The first-order chi connectivity index (χ1) is 3.83. The molecule has 1 aromatic rings. The lowest BCUT2D eigenvalue weighted by Crippen LogP contribution is -1.80. The van der Waals surface area contributed by atoms with E-state index in [0.717, 1.165) is 0 Å². The Hall–Kier alpha value is -0.540. The van der Waals surface area contributed by atoms with Crippen LogP contribution in [0.5, 0.6) is 0 Å². The van der Waals surface area contributed by atoms with Crippen LogP contribution in [0, 0.1) is 0 Å². The van der Waals surface area contributed by atoms with Crippen LogP contribution in [0.2, 0.25) is 0 Å². The van der Waals surface area contributed by atoms with E-state index in [1.165, 1.54) is 0 Å². The molecule has 0 aromatic carbocycles. The fraction of sp³-hybridized carbons (Fsp3) is 0.400. The van der Waals surface area contributed by atoms with Crippen LogP contribution in [-0.2, 0) is 13.7 Å². The van der Waals surface area contributed by atoms with E-state index < -0.39 is 0 Å². The van der Waals surface area contributed by atoms with Gasteiger partial charge in [-0.25, -0.2) is 4.98 Å². The number of halogens is 1. The molecule has 9 heavy (non-hydrogen) atoms. The predicted octanol–water partition coefficient (Wildman–Crippen LogP) is 0.334. The molecule has 0 spiro atoms. The average molecular weight is 149 g/mol. The predicted molar refractivity (Wildman–Crippen MR) is 36.4 cm³/mol. The topological polar surface area (TPSA) is 38.0 Å². The van der Waals surface area contributed by atoms with Gasteiger partial charge in [-0.1, -0.05) is 0 Å². The first-order valence-electron chi connectivity index (χ1n) is 2.40. The van der Waals surface area contributed by atoms with Gasteiger partial charge in [0.05, 0.1) is 18.6 Å². The summed E-state index contributed by atoms with van der Waals surface area (Å²) in [5.41, 5.74) is 0.715. The minimum Gasteiger partial charge on any atom is -0.390 e. The molecule has 0 atom stereocenters. The summed E-state index contributed by atoms with van der Waals surface area (Å²) in [5.74, 6) is 0. The highest BCUT2D eigenvalue weighted by atomic mass is 35.5. The summed E-state index contributed by atoms with van der Waals surface area (Å²) in [7, 11) is 1.87. The van der Waals surface area contributed by atoms with Crippen LogP contribution >= 0.6 is 12.4 Å². The molecule has 0 aliphatic heterocycles. The molecule has 0 saturated heterocycles. The molecule has 0 aliphatic carbocycles. The second-order valence-corrected chi connectivity index (χ2v) is 1.69. The number of rotatable bonds is 1. The van der Waals surface area contributed by atoms with Crippen LogP contribution in [-0.4, -0.2) is 14.7 Å². The number of imidazole rings is 1. The molecule has 0 amide bonds. The van der Waals surface area contributed by atoms with E-state index in [1.807, 2.05) is 7.05 Å². The molecular weight excluding hydrogens is 140 g/mol. The summed E-state index contributed by atoms with van der Waals surface area (Å²) < 4.78 is 1.80. The van der Waals surface area contributed by atoms with Gasteiger partial charge in [0, 0.05) is 13.2 Å². The minimum absolute atomic E-state index is 0. The Morgan fingerprint density at radius 2 is 2.44 bits per heavy atom. The summed E-state index contributed by atoms with van der Waals surface area (Å²) >= 11 is 0. The van der Waals surface area contributed by atoms with Crippen molar-refractivity contribution in [1.82, 2.24) is 9.55 Å². The number of nitrogens with zero attached hydrogens (tertiary/aromatic N) is 2. The Morgan fingerprint density at radius 1 is 1.78 bits per heavy atom. The van der Waals surface area contributed by atoms with Gasteiger partial charge in [-0.15, -0.1) is 12.4 Å². The van der Waals surface area contributed by atoms with E-state index in [4.69, 9.17) is 5.11 Å². The summed E-state index contributed by atoms with van der Waals surface area (Å²) in [6.45, 7) is 0.0286. The van der Waals surface area contributed by atoms with Crippen molar-refractivity contribution >= 4 is 12.4 Å². The van der Waals surface area contributed by atoms with Crippen molar-refractivity contribution in [3.8, 4) is 0 Å². The number of aromatic nitrogens is 2. The lowest BCUT2D eigenvalue weighted by Gasteiger charge is -1.81. The van der Waals surface area contributed by atoms with E-state index in [2.05, 4.69) is 4.98 Å². The molecule has 1 aromatic heterocycles. The molecule has 1 rings (SSSR count). The maximum absolute atomic E-state index is 8.48.